The van der Waals surface area contributed by atoms with Crippen LogP contribution in [-0.4, -0.2) is 14.1 Å². The molecule has 0 saturated heterocycles. The van der Waals surface area contributed by atoms with Gasteiger partial charge < -0.3 is 18.9 Å². The van der Waals surface area contributed by atoms with E-state index in [-0.39, 0.29) is 5.41 Å². The largest absolute Gasteiger partial charge is 0.310 e. The lowest BCUT2D eigenvalue weighted by atomic mass is 9.67. The average molecular weight is 1660 g/mol. The van der Waals surface area contributed by atoms with E-state index in [2.05, 4.69) is 511 Å². The van der Waals surface area contributed by atoms with Gasteiger partial charge in [-0.2, -0.15) is 0 Å². The minimum Gasteiger partial charge on any atom is -0.310 e. The Morgan fingerprint density at radius 1 is 0.208 bits per heavy atom. The van der Waals surface area contributed by atoms with E-state index in [9.17, 15) is 0 Å². The van der Waals surface area contributed by atoms with E-state index in [0.717, 1.165) is 51.1 Å². The fourth-order valence-corrected chi connectivity index (χ4v) is 21.1. The number of hydrogen-bond donors (Lipinski definition) is 0. The zero-order valence-electron chi connectivity index (χ0n) is 72.0. The first-order chi connectivity index (χ1) is 64.2. The Morgan fingerprint density at radius 2 is 0.562 bits per heavy atom. The number of pyridine rings is 1. The summed E-state index contributed by atoms with van der Waals surface area (Å²) in [5.41, 5.74) is 37.8. The van der Waals surface area contributed by atoms with Gasteiger partial charge in [0.15, 0.2) is 0 Å². The Hall–Kier alpha value is -16.7. The third kappa shape index (κ3) is 13.1. The second-order valence-electron chi connectivity index (χ2n) is 34.9. The van der Waals surface area contributed by atoms with Gasteiger partial charge in [0, 0.05) is 73.0 Å². The lowest BCUT2D eigenvalue weighted by Crippen LogP contribution is -2.28. The molecule has 0 saturated carbocycles. The van der Waals surface area contributed by atoms with E-state index in [4.69, 9.17) is 0 Å². The molecule has 2 aliphatic carbocycles. The van der Waals surface area contributed by atoms with E-state index in [1.54, 1.807) is 0 Å². The molecular weight excluding hydrogens is 1570 g/mol. The molecule has 5 heteroatoms. The first-order valence-electron chi connectivity index (χ1n) is 44.9. The van der Waals surface area contributed by atoms with Crippen LogP contribution in [-0.2, 0) is 10.8 Å². The molecule has 3 heterocycles. The van der Waals surface area contributed by atoms with Gasteiger partial charge in [-0.05, 0) is 272 Å². The van der Waals surface area contributed by atoms with Crippen LogP contribution in [0.4, 0.5) is 34.1 Å². The first-order valence-corrected chi connectivity index (χ1v) is 44.9. The van der Waals surface area contributed by atoms with Crippen molar-refractivity contribution in [2.75, 3.05) is 9.80 Å². The molecule has 0 atom stereocenters. The summed E-state index contributed by atoms with van der Waals surface area (Å²) < 4.78 is 4.72. The lowest BCUT2D eigenvalue weighted by Gasteiger charge is -2.35. The summed E-state index contributed by atoms with van der Waals surface area (Å²) in [6.07, 6.45) is 3.77. The Bertz CT molecular complexity index is 8260. The fraction of sp³-hybridized carbons (Fsp3) is 0.0320. The fourth-order valence-electron chi connectivity index (χ4n) is 21.1. The van der Waals surface area contributed by atoms with Crippen molar-refractivity contribution in [3.05, 3.63) is 525 Å². The van der Waals surface area contributed by atoms with Gasteiger partial charge in [-0.3, -0.25) is 4.98 Å². The summed E-state index contributed by atoms with van der Waals surface area (Å²) in [4.78, 5) is 9.28. The normalized spacial score (nSPS) is 12.7. The van der Waals surface area contributed by atoms with Crippen LogP contribution in [0.1, 0.15) is 47.2 Å². The third-order valence-corrected chi connectivity index (χ3v) is 27.3. The molecule has 0 spiro atoms. The van der Waals surface area contributed by atoms with Gasteiger partial charge in [0.05, 0.1) is 39.4 Å². The van der Waals surface area contributed by atoms with Gasteiger partial charge >= 0.3 is 0 Å². The van der Waals surface area contributed by atoms with Crippen LogP contribution in [0.25, 0.3) is 154 Å². The zero-order chi connectivity index (χ0) is 86.4. The number of anilines is 6. The number of rotatable bonds is 15. The lowest BCUT2D eigenvalue weighted by molar-refractivity contribution is 0.660. The highest BCUT2D eigenvalue weighted by Crippen LogP contribution is 2.58. The van der Waals surface area contributed by atoms with Crippen molar-refractivity contribution in [3.63, 3.8) is 0 Å². The SMILES string of the molecule is CC1(C)c2ccccc2-c2ccc(N(c3ccc(-c4cccc(-c5ccc6c7ccccc7n(-c7cccnc7)c6c5)c4)cc3)c3ccc4ccccc4c3)cc21.c1ccc(-n2c3ccccc3c3ccc(-c4cccc(-c5ccc(N(c6ccc(-c7ccc8ccccc8c7)cc6)c6ccc7c(c6)C(c6ccccc6)(c6ccccc6)c6ccccc6-7)cc5)c4)cc32)cc1. The summed E-state index contributed by atoms with van der Waals surface area (Å²) in [6.45, 7) is 4.70. The van der Waals surface area contributed by atoms with Gasteiger partial charge in [0.25, 0.3) is 0 Å². The molecule has 2 aliphatic rings. The summed E-state index contributed by atoms with van der Waals surface area (Å²) in [6, 6.07) is 176. The molecule has 0 radical (unpaired) electrons. The van der Waals surface area contributed by atoms with Crippen molar-refractivity contribution < 1.29 is 0 Å². The topological polar surface area (TPSA) is 29.2 Å². The molecule has 0 N–H and O–H groups in total. The number of nitrogens with zero attached hydrogens (tertiary/aromatic N) is 5. The van der Waals surface area contributed by atoms with E-state index >= 15 is 0 Å². The quantitative estimate of drug-likeness (QED) is 0.102. The predicted octanol–water partition coefficient (Wildman–Crippen LogP) is 33.2. The van der Waals surface area contributed by atoms with Crippen molar-refractivity contribution in [1.29, 1.82) is 0 Å². The molecule has 20 aromatic carbocycles. The molecule has 0 unspecified atom stereocenters. The molecular formula is C125H87N5. The molecule has 23 aromatic rings. The highest BCUT2D eigenvalue weighted by Gasteiger charge is 2.46. The Balaban J connectivity index is 0.000000149. The van der Waals surface area contributed by atoms with E-state index in [0.29, 0.717) is 0 Å². The second-order valence-corrected chi connectivity index (χ2v) is 34.9. The molecule has 612 valence electrons. The average Bonchev–Trinajstić information content (AvgIpc) is 1.54. The van der Waals surface area contributed by atoms with E-state index in [1.165, 1.54) is 171 Å². The molecule has 130 heavy (non-hydrogen) atoms. The number of fused-ring (bicyclic) bond motifs is 14. The molecule has 3 aromatic heterocycles. The smallest absolute Gasteiger partial charge is 0.0714 e. The van der Waals surface area contributed by atoms with Crippen molar-refractivity contribution in [2.24, 2.45) is 0 Å². The van der Waals surface area contributed by atoms with Gasteiger partial charge in [-0.15, -0.1) is 0 Å². The van der Waals surface area contributed by atoms with Gasteiger partial charge in [-0.1, -0.05) is 354 Å². The maximum absolute atomic E-state index is 4.45. The number of hydrogen-bond acceptors (Lipinski definition) is 3. The number of para-hydroxylation sites is 3. The van der Waals surface area contributed by atoms with Crippen LogP contribution in [0.15, 0.2) is 492 Å². The molecule has 5 nitrogen and oxygen atoms in total. The maximum atomic E-state index is 4.45. The van der Waals surface area contributed by atoms with E-state index in [1.807, 2.05) is 18.5 Å². The second kappa shape index (κ2) is 31.7. The summed E-state index contributed by atoms with van der Waals surface area (Å²) in [5.74, 6) is 0. The zero-order valence-corrected chi connectivity index (χ0v) is 72.0. The molecule has 0 fully saturated rings. The predicted molar refractivity (Wildman–Crippen MR) is 546 cm³/mol. The van der Waals surface area contributed by atoms with Gasteiger partial charge in [-0.25, -0.2) is 0 Å². The molecule has 25 rings (SSSR count). The minimum atomic E-state index is -0.520. The maximum Gasteiger partial charge on any atom is 0.0714 e. The van der Waals surface area contributed by atoms with Crippen LogP contribution in [0.3, 0.4) is 0 Å². The Labute approximate surface area is 756 Å². The molecule has 0 amide bonds. The monoisotopic (exact) mass is 1660 g/mol. The van der Waals surface area contributed by atoms with Crippen molar-refractivity contribution in [2.45, 2.75) is 24.7 Å². The number of benzene rings is 20. The highest BCUT2D eigenvalue weighted by molar-refractivity contribution is 6.12. The third-order valence-electron chi connectivity index (χ3n) is 27.3. The Morgan fingerprint density at radius 3 is 1.10 bits per heavy atom. The van der Waals surface area contributed by atoms with Crippen LogP contribution in [0, 0.1) is 0 Å². The standard InChI is InChI=1S/C71H48N2.C54H39N3/c1-4-21-57(22-5-1)71(58-23-6-2-7-24-58)67-29-14-12-27-63(67)64-44-42-62(48-68(64)71)72(61-40-35-51(36-41-61)55-32-31-49-17-10-11-18-52(49)46-55)60-38-33-50(34-39-60)53-19-16-20-54(45-53)56-37-43-66-65-28-13-15-30-69(65)73(70(66)47-56)59-25-8-3-9-26-59;1-54(2)50-18-7-5-16-46(50)47-29-27-44(34-51(47)54)56(43-26-22-36-11-3-4-12-40(36)32-43)42-24-20-37(21-25-42)38-13-9-14-39(31-38)41-23-28-49-48-17-6-8-19-52(48)57(53(49)33-41)45-15-10-30-55-35-45/h1-48H;3-35H,1-2H3. The Kier molecular flexibility index (Phi) is 18.8. The van der Waals surface area contributed by atoms with Crippen molar-refractivity contribution in [1.82, 2.24) is 14.1 Å². The van der Waals surface area contributed by atoms with Gasteiger partial charge in [0.2, 0.25) is 0 Å². The van der Waals surface area contributed by atoms with Crippen molar-refractivity contribution >= 4 is 99.3 Å². The van der Waals surface area contributed by atoms with Gasteiger partial charge in [0.1, 0.15) is 0 Å². The van der Waals surface area contributed by atoms with Crippen LogP contribution >= 0.6 is 0 Å². The highest BCUT2D eigenvalue weighted by atomic mass is 15.1. The first kappa shape index (κ1) is 76.9. The summed E-state index contributed by atoms with van der Waals surface area (Å²) in [7, 11) is 0. The van der Waals surface area contributed by atoms with Crippen LogP contribution in [0.5, 0.6) is 0 Å². The number of aromatic nitrogens is 3. The molecule has 0 aliphatic heterocycles. The van der Waals surface area contributed by atoms with Crippen molar-refractivity contribution in [3.8, 4) is 89.3 Å². The van der Waals surface area contributed by atoms with Crippen LogP contribution < -0.4 is 9.80 Å². The van der Waals surface area contributed by atoms with E-state index < -0.39 is 5.41 Å². The van der Waals surface area contributed by atoms with Crippen LogP contribution in [0.2, 0.25) is 0 Å². The minimum absolute atomic E-state index is 0.0915. The summed E-state index contributed by atoms with van der Waals surface area (Å²) >= 11 is 0. The molecule has 0 bridgehead atoms. The summed E-state index contributed by atoms with van der Waals surface area (Å²) in [5, 5.41) is 9.93.